The zero-order valence-corrected chi connectivity index (χ0v) is 10.3. The number of hydrogen-bond donors (Lipinski definition) is 1. The number of nitrogens with one attached hydrogen (secondary N) is 1. The van der Waals surface area contributed by atoms with Crippen LogP contribution in [-0.4, -0.2) is 32.9 Å². The van der Waals surface area contributed by atoms with Gasteiger partial charge in [-0.25, -0.2) is 9.89 Å². The van der Waals surface area contributed by atoms with Gasteiger partial charge < -0.3 is 4.90 Å². The second-order valence-electron chi connectivity index (χ2n) is 4.83. The van der Waals surface area contributed by atoms with Crippen LogP contribution in [0.1, 0.15) is 12.8 Å². The highest BCUT2D eigenvalue weighted by molar-refractivity contribution is 6.00. The molecule has 3 aromatic rings. The molecule has 0 unspecified atom stereocenters. The molecule has 1 saturated heterocycles. The molecule has 0 radical (unpaired) electrons. The molecule has 1 aliphatic rings. The minimum absolute atomic E-state index is 0.291. The minimum atomic E-state index is -0.291. The summed E-state index contributed by atoms with van der Waals surface area (Å²) in [5.41, 5.74) is 0.296. The van der Waals surface area contributed by atoms with E-state index in [9.17, 15) is 4.79 Å². The van der Waals surface area contributed by atoms with E-state index in [-0.39, 0.29) is 5.69 Å². The summed E-state index contributed by atoms with van der Waals surface area (Å²) in [6.45, 7) is 1.99. The van der Waals surface area contributed by atoms with E-state index in [1.165, 1.54) is 17.4 Å². The van der Waals surface area contributed by atoms with E-state index in [0.717, 1.165) is 29.7 Å². The normalized spacial score (nSPS) is 15.7. The number of hydrogen-bond acceptors (Lipinski definition) is 4. The second-order valence-corrected chi connectivity index (χ2v) is 4.83. The number of fused-ring (bicyclic) bond motifs is 3. The van der Waals surface area contributed by atoms with Gasteiger partial charge in [0, 0.05) is 23.9 Å². The Morgan fingerprint density at radius 2 is 1.84 bits per heavy atom. The molecule has 0 atom stereocenters. The van der Waals surface area contributed by atoms with Crippen molar-refractivity contribution in [1.82, 2.24) is 19.8 Å². The molecule has 6 nitrogen and oxygen atoms in total. The molecule has 1 aliphatic heterocycles. The Labute approximate surface area is 108 Å². The van der Waals surface area contributed by atoms with E-state index in [1.54, 1.807) is 0 Å². The highest BCUT2D eigenvalue weighted by atomic mass is 16.2. The molecule has 19 heavy (non-hydrogen) atoms. The van der Waals surface area contributed by atoms with Crippen LogP contribution in [0, 0.1) is 0 Å². The molecule has 0 spiro atoms. The van der Waals surface area contributed by atoms with Crippen LogP contribution in [0.15, 0.2) is 29.1 Å². The SMILES string of the molecule is O=c1[nH]nc2c3ccccc3c(N3CCCC3)nn12. The Bertz CT molecular complexity index is 813. The van der Waals surface area contributed by atoms with Gasteiger partial charge in [0.1, 0.15) is 0 Å². The molecular formula is C13H13N5O. The van der Waals surface area contributed by atoms with E-state index in [0.29, 0.717) is 5.65 Å². The summed E-state index contributed by atoms with van der Waals surface area (Å²) in [6, 6.07) is 7.96. The van der Waals surface area contributed by atoms with Crippen LogP contribution in [-0.2, 0) is 0 Å². The van der Waals surface area contributed by atoms with Gasteiger partial charge in [0.2, 0.25) is 0 Å². The van der Waals surface area contributed by atoms with Crippen LogP contribution in [0.5, 0.6) is 0 Å². The first-order chi connectivity index (χ1) is 9.34. The van der Waals surface area contributed by atoms with E-state index >= 15 is 0 Å². The van der Waals surface area contributed by atoms with E-state index < -0.39 is 0 Å². The van der Waals surface area contributed by atoms with Crippen molar-refractivity contribution in [3.8, 4) is 0 Å². The summed E-state index contributed by atoms with van der Waals surface area (Å²) in [5.74, 6) is 0.879. The monoisotopic (exact) mass is 255 g/mol. The van der Waals surface area contributed by atoms with Gasteiger partial charge in [0.05, 0.1) is 0 Å². The Kier molecular flexibility index (Phi) is 2.11. The molecule has 1 N–H and O–H groups in total. The Hall–Kier alpha value is -2.37. The van der Waals surface area contributed by atoms with E-state index in [4.69, 9.17) is 0 Å². The third-order valence-electron chi connectivity index (χ3n) is 3.66. The van der Waals surface area contributed by atoms with Gasteiger partial charge in [-0.05, 0) is 12.8 Å². The van der Waals surface area contributed by atoms with Crippen LogP contribution < -0.4 is 10.6 Å². The van der Waals surface area contributed by atoms with Gasteiger partial charge in [-0.15, -0.1) is 5.10 Å². The summed E-state index contributed by atoms with van der Waals surface area (Å²) in [4.78, 5) is 14.0. The lowest BCUT2D eigenvalue weighted by atomic mass is 10.2. The van der Waals surface area contributed by atoms with Crippen molar-refractivity contribution in [3.63, 3.8) is 0 Å². The maximum atomic E-state index is 11.8. The molecule has 0 saturated carbocycles. The van der Waals surface area contributed by atoms with Crippen molar-refractivity contribution >= 4 is 22.2 Å². The van der Waals surface area contributed by atoms with Gasteiger partial charge in [0.25, 0.3) is 0 Å². The third kappa shape index (κ3) is 1.46. The molecule has 96 valence electrons. The molecule has 4 rings (SSSR count). The van der Waals surface area contributed by atoms with Crippen molar-refractivity contribution in [2.75, 3.05) is 18.0 Å². The number of aromatic nitrogens is 4. The average molecular weight is 255 g/mol. The fourth-order valence-electron chi connectivity index (χ4n) is 2.74. The van der Waals surface area contributed by atoms with Crippen LogP contribution in [0.25, 0.3) is 16.4 Å². The number of aromatic amines is 1. The lowest BCUT2D eigenvalue weighted by Crippen LogP contribution is -2.22. The molecule has 6 heteroatoms. The van der Waals surface area contributed by atoms with E-state index in [1.807, 2.05) is 24.3 Å². The third-order valence-corrected chi connectivity index (χ3v) is 3.66. The first kappa shape index (κ1) is 10.5. The lowest BCUT2D eigenvalue weighted by Gasteiger charge is -2.18. The van der Waals surface area contributed by atoms with Crippen LogP contribution in [0.3, 0.4) is 0 Å². The predicted molar refractivity (Wildman–Crippen MR) is 72.6 cm³/mol. The molecule has 0 aliphatic carbocycles. The van der Waals surface area contributed by atoms with Gasteiger partial charge in [-0.3, -0.25) is 0 Å². The zero-order chi connectivity index (χ0) is 12.8. The molecule has 1 fully saturated rings. The van der Waals surface area contributed by atoms with Gasteiger partial charge in [0.15, 0.2) is 11.5 Å². The molecule has 3 heterocycles. The van der Waals surface area contributed by atoms with Crippen molar-refractivity contribution < 1.29 is 0 Å². The fraction of sp³-hybridized carbons (Fsp3) is 0.308. The van der Waals surface area contributed by atoms with Crippen molar-refractivity contribution in [2.45, 2.75) is 12.8 Å². The number of benzene rings is 1. The first-order valence-corrected chi connectivity index (χ1v) is 6.46. The molecular weight excluding hydrogens is 242 g/mol. The average Bonchev–Trinajstić information content (AvgIpc) is 3.08. The Morgan fingerprint density at radius 1 is 1.11 bits per heavy atom. The number of nitrogens with zero attached hydrogens (tertiary/aromatic N) is 4. The smallest absolute Gasteiger partial charge is 0.355 e. The van der Waals surface area contributed by atoms with Gasteiger partial charge >= 0.3 is 5.69 Å². The molecule has 1 aromatic carbocycles. The van der Waals surface area contributed by atoms with Crippen molar-refractivity contribution in [2.24, 2.45) is 0 Å². The summed E-state index contributed by atoms with van der Waals surface area (Å²) < 4.78 is 1.36. The topological polar surface area (TPSA) is 66.3 Å². The molecule has 2 aromatic heterocycles. The van der Waals surface area contributed by atoms with Gasteiger partial charge in [-0.2, -0.15) is 9.61 Å². The summed E-state index contributed by atoms with van der Waals surface area (Å²) in [7, 11) is 0. The highest BCUT2D eigenvalue weighted by Crippen LogP contribution is 2.28. The maximum Gasteiger partial charge on any atom is 0.364 e. The van der Waals surface area contributed by atoms with Gasteiger partial charge in [-0.1, -0.05) is 24.3 Å². The second kappa shape index (κ2) is 3.81. The van der Waals surface area contributed by atoms with Crippen LogP contribution >= 0.6 is 0 Å². The zero-order valence-electron chi connectivity index (χ0n) is 10.3. The standard InChI is InChI=1S/C13H13N5O/c19-13-15-14-11-9-5-1-2-6-10(9)12(16-18(11)13)17-7-3-4-8-17/h1-2,5-6H,3-4,7-8H2,(H,15,19). The lowest BCUT2D eigenvalue weighted by molar-refractivity contribution is 0.842. The quantitative estimate of drug-likeness (QED) is 0.709. The summed E-state index contributed by atoms with van der Waals surface area (Å²) >= 11 is 0. The Morgan fingerprint density at radius 3 is 2.63 bits per heavy atom. The summed E-state index contributed by atoms with van der Waals surface area (Å²) in [5, 5.41) is 13.0. The highest BCUT2D eigenvalue weighted by Gasteiger charge is 2.19. The predicted octanol–water partition coefficient (Wildman–Crippen LogP) is 1.17. The largest absolute Gasteiger partial charge is 0.364 e. The fourth-order valence-corrected chi connectivity index (χ4v) is 2.74. The maximum absolute atomic E-state index is 11.8. The number of H-pyrrole nitrogens is 1. The minimum Gasteiger partial charge on any atom is -0.355 e. The van der Waals surface area contributed by atoms with Crippen LogP contribution in [0.2, 0.25) is 0 Å². The number of rotatable bonds is 1. The van der Waals surface area contributed by atoms with E-state index in [2.05, 4.69) is 20.2 Å². The summed E-state index contributed by atoms with van der Waals surface area (Å²) in [6.07, 6.45) is 2.35. The molecule has 0 bridgehead atoms. The Balaban J connectivity index is 2.13. The molecule has 0 amide bonds. The number of anilines is 1. The van der Waals surface area contributed by atoms with Crippen LogP contribution in [0.4, 0.5) is 5.82 Å². The van der Waals surface area contributed by atoms with Crippen molar-refractivity contribution in [3.05, 3.63) is 34.7 Å². The first-order valence-electron chi connectivity index (χ1n) is 6.46. The van der Waals surface area contributed by atoms with Crippen molar-refractivity contribution in [1.29, 1.82) is 0 Å².